The van der Waals surface area contributed by atoms with Crippen molar-refractivity contribution in [1.82, 2.24) is 4.98 Å². The Kier molecular flexibility index (Phi) is 3.42. The lowest BCUT2D eigenvalue weighted by Gasteiger charge is -2.12. The molecule has 0 unspecified atom stereocenters. The number of nitrogen functional groups attached to an aromatic ring is 1. The van der Waals surface area contributed by atoms with Crippen LogP contribution in [0.4, 0.5) is 5.69 Å². The molecule has 1 aliphatic rings. The molecule has 24 heavy (non-hydrogen) atoms. The molecular weight excluding hydrogens is 322 g/mol. The molecule has 3 aromatic rings. The molecule has 0 radical (unpaired) electrons. The average Bonchev–Trinajstić information content (AvgIpc) is 3.18. The van der Waals surface area contributed by atoms with E-state index in [2.05, 4.69) is 0 Å². The van der Waals surface area contributed by atoms with Crippen molar-refractivity contribution in [2.24, 2.45) is 5.73 Å². The number of pyridine rings is 1. The first-order valence-corrected chi connectivity index (χ1v) is 8.59. The Morgan fingerprint density at radius 3 is 2.67 bits per heavy atom. The third-order valence-corrected chi connectivity index (χ3v) is 5.62. The first kappa shape index (κ1) is 15.0. The van der Waals surface area contributed by atoms with Crippen molar-refractivity contribution < 1.29 is 9.53 Å². The van der Waals surface area contributed by atoms with Crippen LogP contribution in [-0.4, -0.2) is 18.0 Å². The number of carbonyl (C=O) groups is 1. The van der Waals surface area contributed by atoms with Gasteiger partial charge in [-0.3, -0.25) is 4.79 Å². The Bertz CT molecular complexity index is 961. The summed E-state index contributed by atoms with van der Waals surface area (Å²) in [6.07, 6.45) is 3.02. The van der Waals surface area contributed by atoms with Gasteiger partial charge in [0.25, 0.3) is 5.91 Å². The lowest BCUT2D eigenvalue weighted by atomic mass is 9.96. The number of ether oxygens (including phenoxy) is 1. The number of anilines is 1. The first-order valence-electron chi connectivity index (χ1n) is 7.78. The third kappa shape index (κ3) is 2.14. The summed E-state index contributed by atoms with van der Waals surface area (Å²) >= 11 is 1.28. The maximum absolute atomic E-state index is 11.7. The SMILES string of the molecule is COc1ccc(-c2c3c(nc4sc(C(N)=O)c(N)c24)CCC3)cc1. The predicted molar refractivity (Wildman–Crippen MR) is 96.6 cm³/mol. The second kappa shape index (κ2) is 5.49. The van der Waals surface area contributed by atoms with Crippen LogP contribution in [0.25, 0.3) is 21.3 Å². The van der Waals surface area contributed by atoms with Gasteiger partial charge in [-0.25, -0.2) is 4.98 Å². The summed E-state index contributed by atoms with van der Waals surface area (Å²) in [4.78, 5) is 17.6. The monoisotopic (exact) mass is 339 g/mol. The number of benzene rings is 1. The molecule has 0 fully saturated rings. The average molecular weight is 339 g/mol. The van der Waals surface area contributed by atoms with E-state index in [1.165, 1.54) is 16.9 Å². The van der Waals surface area contributed by atoms with E-state index in [4.69, 9.17) is 21.2 Å². The van der Waals surface area contributed by atoms with E-state index in [9.17, 15) is 4.79 Å². The smallest absolute Gasteiger partial charge is 0.260 e. The zero-order chi connectivity index (χ0) is 16.8. The highest BCUT2D eigenvalue weighted by molar-refractivity contribution is 7.21. The van der Waals surface area contributed by atoms with Crippen molar-refractivity contribution in [3.05, 3.63) is 40.4 Å². The van der Waals surface area contributed by atoms with E-state index < -0.39 is 5.91 Å². The van der Waals surface area contributed by atoms with Crippen LogP contribution in [0.15, 0.2) is 24.3 Å². The van der Waals surface area contributed by atoms with Crippen LogP contribution in [0.5, 0.6) is 5.75 Å². The van der Waals surface area contributed by atoms with Crippen molar-refractivity contribution >= 4 is 33.1 Å². The van der Waals surface area contributed by atoms with Crippen LogP contribution in [0.3, 0.4) is 0 Å². The number of carbonyl (C=O) groups excluding carboxylic acids is 1. The zero-order valence-electron chi connectivity index (χ0n) is 13.3. The maximum atomic E-state index is 11.7. The molecule has 2 heterocycles. The predicted octanol–water partition coefficient (Wildman–Crippen LogP) is 3.14. The number of hydrogen-bond donors (Lipinski definition) is 2. The maximum Gasteiger partial charge on any atom is 0.260 e. The molecule has 1 aromatic carbocycles. The van der Waals surface area contributed by atoms with E-state index in [0.717, 1.165) is 52.0 Å². The molecule has 1 aliphatic carbocycles. The number of nitrogens with zero attached hydrogens (tertiary/aromatic N) is 1. The van der Waals surface area contributed by atoms with Gasteiger partial charge < -0.3 is 16.2 Å². The molecule has 1 amide bonds. The van der Waals surface area contributed by atoms with Gasteiger partial charge in [-0.05, 0) is 48.1 Å². The summed E-state index contributed by atoms with van der Waals surface area (Å²) in [6.45, 7) is 0. The standard InChI is InChI=1S/C18H17N3O2S/c1-23-10-7-5-9(6-8-10)13-11-3-2-4-12(11)21-18-14(13)15(19)16(24-18)17(20)22/h5-8H,2-4,19H2,1H3,(H2,20,22). The molecule has 0 bridgehead atoms. The number of methoxy groups -OCH3 is 1. The van der Waals surface area contributed by atoms with Gasteiger partial charge in [0.15, 0.2) is 0 Å². The highest BCUT2D eigenvalue weighted by Crippen LogP contribution is 2.44. The minimum Gasteiger partial charge on any atom is -0.497 e. The van der Waals surface area contributed by atoms with Crippen molar-refractivity contribution in [2.75, 3.05) is 12.8 Å². The van der Waals surface area contributed by atoms with Crippen molar-refractivity contribution in [3.8, 4) is 16.9 Å². The van der Waals surface area contributed by atoms with Gasteiger partial charge >= 0.3 is 0 Å². The fourth-order valence-electron chi connectivity index (χ4n) is 3.40. The molecule has 5 nitrogen and oxygen atoms in total. The summed E-state index contributed by atoms with van der Waals surface area (Å²) in [7, 11) is 1.65. The zero-order valence-corrected chi connectivity index (χ0v) is 14.1. The lowest BCUT2D eigenvalue weighted by molar-refractivity contribution is 0.100. The largest absolute Gasteiger partial charge is 0.497 e. The Hall–Kier alpha value is -2.60. The molecule has 122 valence electrons. The van der Waals surface area contributed by atoms with E-state index in [1.807, 2.05) is 24.3 Å². The third-order valence-electron chi connectivity index (χ3n) is 4.51. The number of aromatic nitrogens is 1. The van der Waals surface area contributed by atoms with Crippen molar-refractivity contribution in [1.29, 1.82) is 0 Å². The van der Waals surface area contributed by atoms with Crippen LogP contribution >= 0.6 is 11.3 Å². The van der Waals surface area contributed by atoms with Gasteiger partial charge in [0, 0.05) is 11.1 Å². The van der Waals surface area contributed by atoms with Gasteiger partial charge in [0.05, 0.1) is 12.8 Å². The molecule has 0 saturated heterocycles. The summed E-state index contributed by atoms with van der Waals surface area (Å²) in [5, 5.41) is 0.847. The second-order valence-electron chi connectivity index (χ2n) is 5.88. The summed E-state index contributed by atoms with van der Waals surface area (Å²) in [5.41, 5.74) is 16.7. The number of aryl methyl sites for hydroxylation is 1. The van der Waals surface area contributed by atoms with Crippen molar-refractivity contribution in [2.45, 2.75) is 19.3 Å². The van der Waals surface area contributed by atoms with Crippen LogP contribution in [0.1, 0.15) is 27.3 Å². The number of thiophene rings is 1. The van der Waals surface area contributed by atoms with Gasteiger partial charge in [-0.1, -0.05) is 12.1 Å². The molecule has 0 spiro atoms. The van der Waals surface area contributed by atoms with Gasteiger partial charge in [-0.15, -0.1) is 11.3 Å². The molecule has 4 N–H and O–H groups in total. The van der Waals surface area contributed by atoms with E-state index in [-0.39, 0.29) is 0 Å². The lowest BCUT2D eigenvalue weighted by Crippen LogP contribution is -2.10. The fraction of sp³-hybridized carbons (Fsp3) is 0.222. The number of fused-ring (bicyclic) bond motifs is 2. The van der Waals surface area contributed by atoms with E-state index in [0.29, 0.717) is 10.6 Å². The Labute approximate surface area is 143 Å². The number of primary amides is 1. The van der Waals surface area contributed by atoms with Crippen LogP contribution in [-0.2, 0) is 12.8 Å². The minimum atomic E-state index is -0.503. The highest BCUT2D eigenvalue weighted by atomic mass is 32.1. The first-order chi connectivity index (χ1) is 11.6. The van der Waals surface area contributed by atoms with Crippen molar-refractivity contribution in [3.63, 3.8) is 0 Å². The van der Waals surface area contributed by atoms with Crippen LogP contribution in [0.2, 0.25) is 0 Å². The number of rotatable bonds is 3. The number of amides is 1. The minimum absolute atomic E-state index is 0.385. The topological polar surface area (TPSA) is 91.2 Å². The Morgan fingerprint density at radius 1 is 1.25 bits per heavy atom. The summed E-state index contributed by atoms with van der Waals surface area (Å²) < 4.78 is 5.25. The second-order valence-corrected chi connectivity index (χ2v) is 6.88. The van der Waals surface area contributed by atoms with Gasteiger partial charge in [0.2, 0.25) is 0 Å². The van der Waals surface area contributed by atoms with E-state index in [1.54, 1.807) is 7.11 Å². The molecule has 0 atom stereocenters. The van der Waals surface area contributed by atoms with Gasteiger partial charge in [0.1, 0.15) is 15.5 Å². The Morgan fingerprint density at radius 2 is 2.00 bits per heavy atom. The molecule has 0 saturated carbocycles. The highest BCUT2D eigenvalue weighted by Gasteiger charge is 2.25. The quantitative estimate of drug-likeness (QED) is 0.767. The summed E-state index contributed by atoms with van der Waals surface area (Å²) in [5.74, 6) is 0.299. The normalized spacial score (nSPS) is 13.2. The van der Waals surface area contributed by atoms with E-state index >= 15 is 0 Å². The number of hydrogen-bond acceptors (Lipinski definition) is 5. The molecule has 4 rings (SSSR count). The van der Waals surface area contributed by atoms with Gasteiger partial charge in [-0.2, -0.15) is 0 Å². The molecule has 6 heteroatoms. The molecular formula is C18H17N3O2S. The van der Waals surface area contributed by atoms with Crippen LogP contribution in [0, 0.1) is 0 Å². The summed E-state index contributed by atoms with van der Waals surface area (Å²) in [6, 6.07) is 7.90. The number of nitrogens with two attached hydrogens (primary N) is 2. The molecule has 0 aliphatic heterocycles. The Balaban J connectivity index is 2.06. The molecule has 2 aromatic heterocycles. The van der Waals surface area contributed by atoms with Crippen LogP contribution < -0.4 is 16.2 Å². The fourth-order valence-corrected chi connectivity index (χ4v) is 4.38.